The van der Waals surface area contributed by atoms with Crippen LogP contribution in [0.4, 0.5) is 0 Å². The van der Waals surface area contributed by atoms with Gasteiger partial charge in [0.05, 0.1) is 11.6 Å². The van der Waals surface area contributed by atoms with Gasteiger partial charge >= 0.3 is 0 Å². The zero-order valence-corrected chi connectivity index (χ0v) is 13.1. The first kappa shape index (κ1) is 14.8. The molecule has 2 rings (SSSR count). The van der Waals surface area contributed by atoms with Gasteiger partial charge in [-0.05, 0) is 29.6 Å². The first-order chi connectivity index (χ1) is 9.20. The van der Waals surface area contributed by atoms with Crippen molar-refractivity contribution >= 4 is 46.3 Å². The number of benzene rings is 1. The van der Waals surface area contributed by atoms with Gasteiger partial charge in [0.1, 0.15) is 0 Å². The molecule has 1 aromatic carbocycles. The van der Waals surface area contributed by atoms with E-state index in [9.17, 15) is 0 Å². The van der Waals surface area contributed by atoms with Crippen molar-refractivity contribution in [3.05, 3.63) is 50.1 Å². The van der Waals surface area contributed by atoms with Gasteiger partial charge in [0, 0.05) is 26.1 Å². The quantitative estimate of drug-likeness (QED) is 0.655. The normalized spacial score (nSPS) is 10.1. The summed E-state index contributed by atoms with van der Waals surface area (Å²) in [7, 11) is 0. The van der Waals surface area contributed by atoms with Crippen molar-refractivity contribution in [2.45, 2.75) is 10.6 Å². The maximum atomic E-state index is 6.14. The van der Waals surface area contributed by atoms with Crippen molar-refractivity contribution in [1.29, 1.82) is 0 Å². The lowest BCUT2D eigenvalue weighted by atomic mass is 10.3. The van der Waals surface area contributed by atoms with E-state index in [2.05, 4.69) is 11.8 Å². The van der Waals surface area contributed by atoms with Crippen LogP contribution in [-0.2, 0) is 5.75 Å². The van der Waals surface area contributed by atoms with Crippen LogP contribution in [0.25, 0.3) is 0 Å². The number of thiophene rings is 1. The van der Waals surface area contributed by atoms with Gasteiger partial charge in [0.2, 0.25) is 0 Å². The van der Waals surface area contributed by atoms with Crippen molar-refractivity contribution in [2.75, 3.05) is 6.54 Å². The van der Waals surface area contributed by atoms with Crippen LogP contribution < -0.4 is 5.73 Å². The summed E-state index contributed by atoms with van der Waals surface area (Å²) < 4.78 is 0. The van der Waals surface area contributed by atoms with Crippen molar-refractivity contribution in [2.24, 2.45) is 5.73 Å². The van der Waals surface area contributed by atoms with Crippen molar-refractivity contribution < 1.29 is 0 Å². The zero-order chi connectivity index (χ0) is 13.7. The second kappa shape index (κ2) is 7.23. The average Bonchev–Trinajstić information content (AvgIpc) is 2.85. The van der Waals surface area contributed by atoms with Crippen LogP contribution in [0.3, 0.4) is 0 Å². The first-order valence-electron chi connectivity index (χ1n) is 5.54. The van der Waals surface area contributed by atoms with Crippen molar-refractivity contribution in [3.8, 4) is 11.8 Å². The van der Waals surface area contributed by atoms with E-state index in [1.54, 1.807) is 29.2 Å². The lowest BCUT2D eigenvalue weighted by Gasteiger charge is -2.04. The molecule has 2 N–H and O–H groups in total. The lowest BCUT2D eigenvalue weighted by Crippen LogP contribution is -1.93. The summed E-state index contributed by atoms with van der Waals surface area (Å²) in [5, 5.41) is 3.46. The molecule has 19 heavy (non-hydrogen) atoms. The van der Waals surface area contributed by atoms with Gasteiger partial charge in [0.15, 0.2) is 0 Å². The zero-order valence-electron chi connectivity index (χ0n) is 9.95. The molecular formula is C14H11Cl2NS2. The molecule has 0 saturated heterocycles. The molecule has 0 fully saturated rings. The Morgan fingerprint density at radius 2 is 2.11 bits per heavy atom. The van der Waals surface area contributed by atoms with Gasteiger partial charge in [-0.3, -0.25) is 0 Å². The fourth-order valence-electron chi connectivity index (χ4n) is 1.44. The molecule has 0 atom stereocenters. The molecular weight excluding hydrogens is 317 g/mol. The predicted molar refractivity (Wildman–Crippen MR) is 86.3 cm³/mol. The molecule has 5 heteroatoms. The smallest absolute Gasteiger partial charge is 0.0555 e. The molecule has 2 aromatic rings. The average molecular weight is 328 g/mol. The van der Waals surface area contributed by atoms with Gasteiger partial charge < -0.3 is 5.73 Å². The number of halogens is 2. The standard InChI is InChI=1S/C14H11Cl2NS2/c15-11-3-4-12(16)13(8-11)19-9-14-10(2-1-6-17)5-7-18-14/h3-5,7-8H,6,9,17H2. The van der Waals surface area contributed by atoms with Crippen LogP contribution in [0, 0.1) is 11.8 Å². The SMILES string of the molecule is NCC#Cc1ccsc1CSc1cc(Cl)ccc1Cl. The summed E-state index contributed by atoms with van der Waals surface area (Å²) in [5.74, 6) is 6.78. The first-order valence-corrected chi connectivity index (χ1v) is 8.16. The molecule has 1 nitrogen and oxygen atoms in total. The summed E-state index contributed by atoms with van der Waals surface area (Å²) >= 11 is 15.5. The molecule has 0 bridgehead atoms. The topological polar surface area (TPSA) is 26.0 Å². The maximum absolute atomic E-state index is 6.14. The third-order valence-electron chi connectivity index (χ3n) is 2.32. The van der Waals surface area contributed by atoms with Crippen LogP contribution in [0.1, 0.15) is 10.4 Å². The number of thioether (sulfide) groups is 1. The van der Waals surface area contributed by atoms with Crippen molar-refractivity contribution in [3.63, 3.8) is 0 Å². The highest BCUT2D eigenvalue weighted by Gasteiger charge is 2.06. The molecule has 0 spiro atoms. The molecule has 0 unspecified atom stereocenters. The van der Waals surface area contributed by atoms with E-state index in [1.807, 2.05) is 23.6 Å². The Kier molecular flexibility index (Phi) is 5.62. The summed E-state index contributed by atoms with van der Waals surface area (Å²) in [6, 6.07) is 7.50. The molecule has 1 aromatic heterocycles. The minimum Gasteiger partial charge on any atom is -0.320 e. The number of hydrogen-bond donors (Lipinski definition) is 1. The molecule has 0 saturated carbocycles. The fourth-order valence-corrected chi connectivity index (χ4v) is 3.88. The molecule has 98 valence electrons. The molecule has 0 aliphatic heterocycles. The van der Waals surface area contributed by atoms with Crippen LogP contribution in [0.2, 0.25) is 10.0 Å². The Morgan fingerprint density at radius 3 is 2.89 bits per heavy atom. The summed E-state index contributed by atoms with van der Waals surface area (Å²) in [6.45, 7) is 0.378. The highest BCUT2D eigenvalue weighted by atomic mass is 35.5. The van der Waals surface area contributed by atoms with E-state index in [0.717, 1.165) is 21.2 Å². The largest absolute Gasteiger partial charge is 0.320 e. The van der Waals surface area contributed by atoms with Gasteiger partial charge in [-0.15, -0.1) is 23.1 Å². The summed E-state index contributed by atoms with van der Waals surface area (Å²) in [5.41, 5.74) is 6.43. The highest BCUT2D eigenvalue weighted by molar-refractivity contribution is 7.98. The van der Waals surface area contributed by atoms with Gasteiger partial charge in [0.25, 0.3) is 0 Å². The minimum absolute atomic E-state index is 0.378. The highest BCUT2D eigenvalue weighted by Crippen LogP contribution is 2.33. The Morgan fingerprint density at radius 1 is 1.26 bits per heavy atom. The summed E-state index contributed by atoms with van der Waals surface area (Å²) in [4.78, 5) is 2.21. The lowest BCUT2D eigenvalue weighted by molar-refractivity contribution is 1.30. The predicted octanol–water partition coefficient (Wildman–Crippen LogP) is 4.66. The third-order valence-corrected chi connectivity index (χ3v) is 5.18. The second-order valence-electron chi connectivity index (χ2n) is 3.63. The molecule has 0 aliphatic rings. The fraction of sp³-hybridized carbons (Fsp3) is 0.143. The van der Waals surface area contributed by atoms with Gasteiger partial charge in [-0.1, -0.05) is 35.0 Å². The van der Waals surface area contributed by atoms with E-state index < -0.39 is 0 Å². The van der Waals surface area contributed by atoms with Crippen LogP contribution in [-0.4, -0.2) is 6.54 Å². The van der Waals surface area contributed by atoms with Crippen LogP contribution >= 0.6 is 46.3 Å². The van der Waals surface area contributed by atoms with Crippen LogP contribution in [0.15, 0.2) is 34.5 Å². The van der Waals surface area contributed by atoms with E-state index in [4.69, 9.17) is 28.9 Å². The van der Waals surface area contributed by atoms with E-state index in [1.165, 1.54) is 4.88 Å². The van der Waals surface area contributed by atoms with Crippen molar-refractivity contribution in [1.82, 2.24) is 0 Å². The Labute approximate surface area is 131 Å². The molecule has 0 amide bonds. The molecule has 1 heterocycles. The third kappa shape index (κ3) is 4.17. The van der Waals surface area contributed by atoms with Gasteiger partial charge in [-0.2, -0.15) is 0 Å². The van der Waals surface area contributed by atoms with Gasteiger partial charge in [-0.25, -0.2) is 0 Å². The second-order valence-corrected chi connectivity index (χ2v) is 6.49. The Hall–Kier alpha value is -0.630. The van der Waals surface area contributed by atoms with E-state index in [0.29, 0.717) is 11.6 Å². The minimum atomic E-state index is 0.378. The maximum Gasteiger partial charge on any atom is 0.0555 e. The van der Waals surface area contributed by atoms with Crippen LogP contribution in [0.5, 0.6) is 0 Å². The Bertz CT molecular complexity index is 626. The monoisotopic (exact) mass is 327 g/mol. The molecule has 0 aliphatic carbocycles. The Balaban J connectivity index is 2.10. The molecule has 0 radical (unpaired) electrons. The number of rotatable bonds is 3. The summed E-state index contributed by atoms with van der Waals surface area (Å²) in [6.07, 6.45) is 0. The number of nitrogens with two attached hydrogens (primary N) is 1. The van der Waals surface area contributed by atoms with E-state index >= 15 is 0 Å². The number of hydrogen-bond acceptors (Lipinski definition) is 3. The van der Waals surface area contributed by atoms with E-state index in [-0.39, 0.29) is 0 Å².